The highest BCUT2D eigenvalue weighted by molar-refractivity contribution is 5.31. The summed E-state index contributed by atoms with van der Waals surface area (Å²) in [4.78, 5) is 0. The van der Waals surface area contributed by atoms with E-state index in [-0.39, 0.29) is 0 Å². The minimum absolute atomic E-state index is 0.550. The van der Waals surface area contributed by atoms with Gasteiger partial charge >= 0.3 is 0 Å². The third-order valence-electron chi connectivity index (χ3n) is 5.51. The minimum Gasteiger partial charge on any atom is -0.385 e. The Bertz CT molecular complexity index is 425. The Hall–Kier alpha value is -0.820. The molecule has 0 aromatic heterocycles. The fourth-order valence-corrected chi connectivity index (χ4v) is 3.68. The van der Waals surface area contributed by atoms with E-state index in [4.69, 9.17) is 0 Å². The van der Waals surface area contributed by atoms with E-state index in [2.05, 4.69) is 31.2 Å². The number of rotatable bonds is 3. The molecule has 1 aromatic rings. The molecule has 0 unspecified atom stereocenters. The Morgan fingerprint density at radius 1 is 1.16 bits per heavy atom. The number of hydrogen-bond donors (Lipinski definition) is 1. The molecule has 2 aliphatic rings. The minimum atomic E-state index is -0.550. The standard InChI is InChI=1S/C18H26O/c1-2-14-9-11-18(19,12-10-14)17-8-4-7-16(13-17)15-5-3-6-15/h4,7-8,13-15,19H,2-3,5-6,9-12H2,1H3. The molecule has 3 rings (SSSR count). The van der Waals surface area contributed by atoms with Crippen molar-refractivity contribution in [3.05, 3.63) is 35.4 Å². The van der Waals surface area contributed by atoms with Crippen LogP contribution in [0.5, 0.6) is 0 Å². The maximum absolute atomic E-state index is 11.0. The highest BCUT2D eigenvalue weighted by Crippen LogP contribution is 2.42. The summed E-state index contributed by atoms with van der Waals surface area (Å²) in [7, 11) is 0. The monoisotopic (exact) mass is 258 g/mol. The van der Waals surface area contributed by atoms with Gasteiger partial charge in [-0.2, -0.15) is 0 Å². The quantitative estimate of drug-likeness (QED) is 0.830. The van der Waals surface area contributed by atoms with Gasteiger partial charge in [0.2, 0.25) is 0 Å². The van der Waals surface area contributed by atoms with Crippen molar-refractivity contribution < 1.29 is 5.11 Å². The molecular formula is C18H26O. The topological polar surface area (TPSA) is 20.2 Å². The molecule has 1 heteroatoms. The van der Waals surface area contributed by atoms with Crippen LogP contribution in [0.3, 0.4) is 0 Å². The summed E-state index contributed by atoms with van der Waals surface area (Å²) >= 11 is 0. The van der Waals surface area contributed by atoms with Crippen molar-refractivity contribution in [2.24, 2.45) is 5.92 Å². The van der Waals surface area contributed by atoms with E-state index in [1.54, 1.807) is 0 Å². The van der Waals surface area contributed by atoms with Gasteiger partial charge in [-0.25, -0.2) is 0 Å². The van der Waals surface area contributed by atoms with Crippen molar-refractivity contribution in [3.8, 4) is 0 Å². The molecule has 1 N–H and O–H groups in total. The molecule has 1 nitrogen and oxygen atoms in total. The Balaban J connectivity index is 1.77. The van der Waals surface area contributed by atoms with Crippen LogP contribution in [0, 0.1) is 5.92 Å². The van der Waals surface area contributed by atoms with Crippen LogP contribution >= 0.6 is 0 Å². The van der Waals surface area contributed by atoms with Crippen molar-refractivity contribution in [2.75, 3.05) is 0 Å². The number of aliphatic hydroxyl groups is 1. The summed E-state index contributed by atoms with van der Waals surface area (Å²) < 4.78 is 0. The lowest BCUT2D eigenvalue weighted by molar-refractivity contribution is -0.0146. The third-order valence-corrected chi connectivity index (χ3v) is 5.51. The smallest absolute Gasteiger partial charge is 0.0896 e. The first kappa shape index (κ1) is 13.2. The van der Waals surface area contributed by atoms with Gasteiger partial charge in [0.25, 0.3) is 0 Å². The normalized spacial score (nSPS) is 32.0. The van der Waals surface area contributed by atoms with Crippen LogP contribution in [-0.4, -0.2) is 5.11 Å². The fraction of sp³-hybridized carbons (Fsp3) is 0.667. The van der Waals surface area contributed by atoms with Gasteiger partial charge in [-0.1, -0.05) is 44.0 Å². The largest absolute Gasteiger partial charge is 0.385 e. The molecule has 0 atom stereocenters. The lowest BCUT2D eigenvalue weighted by atomic mass is 9.73. The third kappa shape index (κ3) is 2.58. The second-order valence-corrected chi connectivity index (χ2v) is 6.64. The second kappa shape index (κ2) is 5.28. The van der Waals surface area contributed by atoms with Gasteiger partial charge in [0.15, 0.2) is 0 Å². The highest BCUT2D eigenvalue weighted by atomic mass is 16.3. The molecule has 0 aliphatic heterocycles. The van der Waals surface area contributed by atoms with Crippen LogP contribution in [0.2, 0.25) is 0 Å². The molecular weight excluding hydrogens is 232 g/mol. The van der Waals surface area contributed by atoms with E-state index in [1.165, 1.54) is 49.7 Å². The Kier molecular flexibility index (Phi) is 3.66. The van der Waals surface area contributed by atoms with Gasteiger partial charge in [-0.3, -0.25) is 0 Å². The first-order chi connectivity index (χ1) is 9.21. The summed E-state index contributed by atoms with van der Waals surface area (Å²) in [6.45, 7) is 2.27. The maximum atomic E-state index is 11.0. The van der Waals surface area contributed by atoms with E-state index in [0.717, 1.165) is 24.7 Å². The highest BCUT2D eigenvalue weighted by Gasteiger charge is 2.34. The van der Waals surface area contributed by atoms with Gasteiger partial charge < -0.3 is 5.11 Å². The van der Waals surface area contributed by atoms with Crippen LogP contribution in [0.25, 0.3) is 0 Å². The summed E-state index contributed by atoms with van der Waals surface area (Å²) in [6, 6.07) is 8.81. The Morgan fingerprint density at radius 3 is 2.47 bits per heavy atom. The molecule has 2 saturated carbocycles. The average molecular weight is 258 g/mol. The molecule has 0 bridgehead atoms. The molecule has 0 saturated heterocycles. The first-order valence-corrected chi connectivity index (χ1v) is 8.04. The summed E-state index contributed by atoms with van der Waals surface area (Å²) in [5.41, 5.74) is 2.08. The predicted octanol–water partition coefficient (Wildman–Crippen LogP) is 4.74. The number of hydrogen-bond acceptors (Lipinski definition) is 1. The molecule has 2 aliphatic carbocycles. The molecule has 0 heterocycles. The van der Waals surface area contributed by atoms with Gasteiger partial charge in [-0.15, -0.1) is 0 Å². The van der Waals surface area contributed by atoms with Crippen molar-refractivity contribution >= 4 is 0 Å². The van der Waals surface area contributed by atoms with Crippen molar-refractivity contribution in [3.63, 3.8) is 0 Å². The van der Waals surface area contributed by atoms with E-state index < -0.39 is 5.60 Å². The molecule has 104 valence electrons. The van der Waals surface area contributed by atoms with Gasteiger partial charge in [-0.05, 0) is 61.5 Å². The Labute approximate surface area is 117 Å². The molecule has 1 aromatic carbocycles. The zero-order chi connectivity index (χ0) is 13.3. The zero-order valence-corrected chi connectivity index (χ0v) is 12.1. The molecule has 0 amide bonds. The maximum Gasteiger partial charge on any atom is 0.0896 e. The summed E-state index contributed by atoms with van der Waals surface area (Å²) in [5.74, 6) is 1.59. The lowest BCUT2D eigenvalue weighted by Crippen LogP contribution is -2.31. The van der Waals surface area contributed by atoms with Crippen LogP contribution in [0.4, 0.5) is 0 Å². The lowest BCUT2D eigenvalue weighted by Gasteiger charge is -2.37. The van der Waals surface area contributed by atoms with Crippen molar-refractivity contribution in [2.45, 2.75) is 69.8 Å². The summed E-state index contributed by atoms with van der Waals surface area (Å²) in [6.07, 6.45) is 9.55. The molecule has 0 spiro atoms. The van der Waals surface area contributed by atoms with Crippen molar-refractivity contribution in [1.82, 2.24) is 0 Å². The van der Waals surface area contributed by atoms with E-state index in [1.807, 2.05) is 0 Å². The van der Waals surface area contributed by atoms with E-state index in [9.17, 15) is 5.11 Å². The zero-order valence-electron chi connectivity index (χ0n) is 12.1. The first-order valence-electron chi connectivity index (χ1n) is 8.04. The molecule has 2 fully saturated rings. The van der Waals surface area contributed by atoms with Gasteiger partial charge in [0, 0.05) is 0 Å². The molecule has 19 heavy (non-hydrogen) atoms. The van der Waals surface area contributed by atoms with E-state index >= 15 is 0 Å². The number of benzene rings is 1. The fourth-order valence-electron chi connectivity index (χ4n) is 3.68. The predicted molar refractivity (Wildman–Crippen MR) is 79.2 cm³/mol. The van der Waals surface area contributed by atoms with E-state index in [0.29, 0.717) is 0 Å². The Morgan fingerprint density at radius 2 is 1.89 bits per heavy atom. The molecule has 0 radical (unpaired) electrons. The van der Waals surface area contributed by atoms with Crippen LogP contribution in [0.1, 0.15) is 75.3 Å². The van der Waals surface area contributed by atoms with Gasteiger partial charge in [0.1, 0.15) is 0 Å². The average Bonchev–Trinajstić information content (AvgIpc) is 2.38. The van der Waals surface area contributed by atoms with Crippen molar-refractivity contribution in [1.29, 1.82) is 0 Å². The van der Waals surface area contributed by atoms with Crippen LogP contribution in [-0.2, 0) is 5.60 Å². The van der Waals surface area contributed by atoms with Crippen LogP contribution < -0.4 is 0 Å². The summed E-state index contributed by atoms with van der Waals surface area (Å²) in [5, 5.41) is 11.0. The SMILES string of the molecule is CCC1CCC(O)(c2cccc(C3CCC3)c2)CC1. The van der Waals surface area contributed by atoms with Gasteiger partial charge in [0.05, 0.1) is 5.60 Å². The second-order valence-electron chi connectivity index (χ2n) is 6.64. The van der Waals surface area contributed by atoms with Crippen LogP contribution in [0.15, 0.2) is 24.3 Å².